The van der Waals surface area contributed by atoms with E-state index in [1.807, 2.05) is 24.3 Å². The van der Waals surface area contributed by atoms with Crippen LogP contribution >= 0.6 is 0 Å². The lowest BCUT2D eigenvalue weighted by molar-refractivity contribution is -0.120. The summed E-state index contributed by atoms with van der Waals surface area (Å²) in [4.78, 5) is 11.7. The topological polar surface area (TPSA) is 50.4 Å². The van der Waals surface area contributed by atoms with E-state index >= 15 is 0 Å². The van der Waals surface area contributed by atoms with Gasteiger partial charge < -0.3 is 15.4 Å². The average molecular weight is 262 g/mol. The lowest BCUT2D eigenvalue weighted by Crippen LogP contribution is -2.34. The molecule has 1 amide bonds. The second-order valence-corrected chi connectivity index (χ2v) is 5.05. The van der Waals surface area contributed by atoms with Crippen LogP contribution in [0.5, 0.6) is 0 Å². The molecule has 0 saturated heterocycles. The highest BCUT2D eigenvalue weighted by atomic mass is 16.5. The van der Waals surface area contributed by atoms with Gasteiger partial charge in [-0.05, 0) is 36.4 Å². The summed E-state index contributed by atoms with van der Waals surface area (Å²) in [6.07, 6.45) is 2.61. The number of amides is 1. The van der Waals surface area contributed by atoms with E-state index in [-0.39, 0.29) is 5.91 Å². The molecule has 2 rings (SSSR count). The monoisotopic (exact) mass is 262 g/mol. The van der Waals surface area contributed by atoms with E-state index in [9.17, 15) is 4.79 Å². The van der Waals surface area contributed by atoms with Gasteiger partial charge in [0.1, 0.15) is 0 Å². The Kier molecular flexibility index (Phi) is 5.36. The van der Waals surface area contributed by atoms with Gasteiger partial charge in [0.05, 0.1) is 13.2 Å². The molecule has 1 aliphatic carbocycles. The normalized spacial score (nSPS) is 14.4. The fraction of sp³-hybridized carbons (Fsp3) is 0.533. The summed E-state index contributed by atoms with van der Waals surface area (Å²) in [7, 11) is 1.68. The number of hydrogen-bond donors (Lipinski definition) is 2. The zero-order valence-electron chi connectivity index (χ0n) is 11.4. The van der Waals surface area contributed by atoms with Crippen molar-refractivity contribution in [1.29, 1.82) is 0 Å². The third kappa shape index (κ3) is 5.01. The molecule has 2 N–H and O–H groups in total. The maximum absolute atomic E-state index is 11.7. The predicted molar refractivity (Wildman–Crippen MR) is 74.6 cm³/mol. The first-order valence-electron chi connectivity index (χ1n) is 6.82. The van der Waals surface area contributed by atoms with Gasteiger partial charge in [-0.3, -0.25) is 4.79 Å². The van der Waals surface area contributed by atoms with Crippen LogP contribution in [0.2, 0.25) is 0 Å². The van der Waals surface area contributed by atoms with Crippen LogP contribution in [0.3, 0.4) is 0 Å². The van der Waals surface area contributed by atoms with Crippen molar-refractivity contribution in [2.75, 3.05) is 20.2 Å². The van der Waals surface area contributed by atoms with Crippen LogP contribution in [-0.4, -0.2) is 26.1 Å². The third-order valence-electron chi connectivity index (χ3n) is 3.31. The summed E-state index contributed by atoms with van der Waals surface area (Å²) in [5, 5.41) is 6.12. The molecule has 1 aromatic carbocycles. The summed E-state index contributed by atoms with van der Waals surface area (Å²) in [6.45, 7) is 2.51. The van der Waals surface area contributed by atoms with Gasteiger partial charge in [0.2, 0.25) is 5.91 Å². The van der Waals surface area contributed by atoms with Gasteiger partial charge in [0.25, 0.3) is 0 Å². The van der Waals surface area contributed by atoms with E-state index < -0.39 is 0 Å². The first-order chi connectivity index (χ1) is 9.29. The van der Waals surface area contributed by atoms with Gasteiger partial charge in [-0.25, -0.2) is 0 Å². The van der Waals surface area contributed by atoms with Gasteiger partial charge in [0.15, 0.2) is 0 Å². The molecule has 1 aromatic rings. The van der Waals surface area contributed by atoms with Crippen molar-refractivity contribution >= 4 is 5.91 Å². The number of nitrogens with one attached hydrogen (secondary N) is 2. The zero-order chi connectivity index (χ0) is 13.5. The van der Waals surface area contributed by atoms with Crippen LogP contribution in [0, 0.1) is 5.92 Å². The lowest BCUT2D eigenvalue weighted by Gasteiger charge is -2.10. The van der Waals surface area contributed by atoms with Crippen molar-refractivity contribution in [1.82, 2.24) is 10.6 Å². The average Bonchev–Trinajstić information content (AvgIpc) is 3.22. The minimum Gasteiger partial charge on any atom is -0.380 e. The highest BCUT2D eigenvalue weighted by molar-refractivity contribution is 5.78. The molecule has 0 bridgehead atoms. The van der Waals surface area contributed by atoms with Crippen LogP contribution in [-0.2, 0) is 22.7 Å². The molecule has 0 aromatic heterocycles. The Morgan fingerprint density at radius 2 is 2.05 bits per heavy atom. The van der Waals surface area contributed by atoms with Crippen molar-refractivity contribution < 1.29 is 9.53 Å². The maximum Gasteiger partial charge on any atom is 0.234 e. The van der Waals surface area contributed by atoms with Gasteiger partial charge in [0, 0.05) is 13.7 Å². The van der Waals surface area contributed by atoms with E-state index in [1.54, 1.807) is 7.11 Å². The smallest absolute Gasteiger partial charge is 0.234 e. The number of rotatable bonds is 8. The van der Waals surface area contributed by atoms with Crippen LogP contribution in [0.15, 0.2) is 24.3 Å². The number of carbonyl (C=O) groups excluding carboxylic acids is 1. The first kappa shape index (κ1) is 14.0. The molecule has 1 fully saturated rings. The van der Waals surface area contributed by atoms with Gasteiger partial charge in [-0.15, -0.1) is 0 Å². The Balaban J connectivity index is 1.72. The van der Waals surface area contributed by atoms with Crippen LogP contribution in [0.1, 0.15) is 24.0 Å². The van der Waals surface area contributed by atoms with Crippen molar-refractivity contribution in [2.45, 2.75) is 26.0 Å². The molecule has 104 valence electrons. The Hall–Kier alpha value is -1.39. The molecule has 19 heavy (non-hydrogen) atoms. The fourth-order valence-corrected chi connectivity index (χ4v) is 1.99. The Morgan fingerprint density at radius 3 is 2.74 bits per heavy atom. The number of carbonyl (C=O) groups is 1. The summed E-state index contributed by atoms with van der Waals surface area (Å²) in [6, 6.07) is 8.01. The van der Waals surface area contributed by atoms with Crippen molar-refractivity contribution in [3.63, 3.8) is 0 Å². The fourth-order valence-electron chi connectivity index (χ4n) is 1.99. The molecule has 1 aliphatic rings. The molecule has 0 radical (unpaired) electrons. The van der Waals surface area contributed by atoms with Gasteiger partial charge >= 0.3 is 0 Å². The molecule has 4 heteroatoms. The number of ether oxygens (including phenoxy) is 1. The predicted octanol–water partition coefficient (Wildman–Crippen LogP) is 1.45. The minimum absolute atomic E-state index is 0.0490. The lowest BCUT2D eigenvalue weighted by atomic mass is 10.1. The Bertz CT molecular complexity index is 416. The summed E-state index contributed by atoms with van der Waals surface area (Å²) in [5.41, 5.74) is 2.23. The zero-order valence-corrected chi connectivity index (χ0v) is 11.4. The molecule has 0 unspecified atom stereocenters. The second kappa shape index (κ2) is 7.26. The summed E-state index contributed by atoms with van der Waals surface area (Å²) in [5.74, 6) is 0.850. The van der Waals surface area contributed by atoms with Crippen LogP contribution in [0.25, 0.3) is 0 Å². The van der Waals surface area contributed by atoms with Crippen molar-refractivity contribution in [3.8, 4) is 0 Å². The standard InChI is InChI=1S/C15H22N2O2/c1-19-11-14-5-3-2-4-13(14)9-17-15(18)10-16-8-12-6-7-12/h2-5,12,16H,6-11H2,1H3,(H,17,18). The molecule has 0 aliphatic heterocycles. The summed E-state index contributed by atoms with van der Waals surface area (Å²) < 4.78 is 5.15. The van der Waals surface area contributed by atoms with E-state index in [4.69, 9.17) is 4.74 Å². The van der Waals surface area contributed by atoms with E-state index in [1.165, 1.54) is 12.8 Å². The molecular weight excluding hydrogens is 240 g/mol. The quantitative estimate of drug-likeness (QED) is 0.745. The van der Waals surface area contributed by atoms with Gasteiger partial charge in [-0.2, -0.15) is 0 Å². The summed E-state index contributed by atoms with van der Waals surface area (Å²) >= 11 is 0. The van der Waals surface area contributed by atoms with E-state index in [0.717, 1.165) is 23.6 Å². The Morgan fingerprint density at radius 1 is 1.32 bits per heavy atom. The van der Waals surface area contributed by atoms with Gasteiger partial charge in [-0.1, -0.05) is 24.3 Å². The van der Waals surface area contributed by atoms with Crippen LogP contribution in [0.4, 0.5) is 0 Å². The number of benzene rings is 1. The second-order valence-electron chi connectivity index (χ2n) is 5.05. The van der Waals surface area contributed by atoms with E-state index in [0.29, 0.717) is 19.7 Å². The number of methoxy groups -OCH3 is 1. The molecule has 0 heterocycles. The molecule has 0 spiro atoms. The first-order valence-corrected chi connectivity index (χ1v) is 6.82. The number of hydrogen-bond acceptors (Lipinski definition) is 3. The van der Waals surface area contributed by atoms with Crippen molar-refractivity contribution in [2.24, 2.45) is 5.92 Å². The minimum atomic E-state index is 0.0490. The molecule has 1 saturated carbocycles. The molecule has 4 nitrogen and oxygen atoms in total. The highest BCUT2D eigenvalue weighted by Gasteiger charge is 2.20. The van der Waals surface area contributed by atoms with Crippen LogP contribution < -0.4 is 10.6 Å². The Labute approximate surface area is 114 Å². The maximum atomic E-state index is 11.7. The van der Waals surface area contributed by atoms with Crippen molar-refractivity contribution in [3.05, 3.63) is 35.4 Å². The molecule has 0 atom stereocenters. The SMILES string of the molecule is COCc1ccccc1CNC(=O)CNCC1CC1. The highest BCUT2D eigenvalue weighted by Crippen LogP contribution is 2.27. The largest absolute Gasteiger partial charge is 0.380 e. The van der Waals surface area contributed by atoms with E-state index in [2.05, 4.69) is 10.6 Å². The molecular formula is C15H22N2O2. The third-order valence-corrected chi connectivity index (χ3v) is 3.31.